The van der Waals surface area contributed by atoms with Gasteiger partial charge in [-0.25, -0.2) is 9.78 Å². The SMILES string of the molecule is CC(=O)Nc1nc(C(=O)OCC(=O)c2cc(C)n(-c3ccc(OC(F)F)cc3)c2C)cs1. The second-order valence-corrected chi connectivity index (χ2v) is 7.57. The molecular weight excluding hydrogens is 444 g/mol. The predicted octanol–water partition coefficient (Wildman–Crippen LogP) is 4.15. The molecule has 0 fully saturated rings. The van der Waals surface area contributed by atoms with Gasteiger partial charge in [0.05, 0.1) is 0 Å². The van der Waals surface area contributed by atoms with Crippen molar-refractivity contribution in [1.82, 2.24) is 9.55 Å². The van der Waals surface area contributed by atoms with Gasteiger partial charge >= 0.3 is 12.6 Å². The van der Waals surface area contributed by atoms with Crippen LogP contribution >= 0.6 is 11.3 Å². The fourth-order valence-electron chi connectivity index (χ4n) is 3.08. The second kappa shape index (κ2) is 9.69. The van der Waals surface area contributed by atoms with Crippen molar-refractivity contribution in [3.63, 3.8) is 0 Å². The number of Topliss-reactive ketones (excluding diaryl/α,β-unsaturated/α-hetero) is 1. The Bertz CT molecular complexity index is 1150. The van der Waals surface area contributed by atoms with Gasteiger partial charge in [0.2, 0.25) is 11.7 Å². The lowest BCUT2D eigenvalue weighted by Crippen LogP contribution is -2.15. The van der Waals surface area contributed by atoms with Crippen LogP contribution in [0.25, 0.3) is 5.69 Å². The summed E-state index contributed by atoms with van der Waals surface area (Å²) in [5, 5.41) is 4.14. The Morgan fingerprint density at radius 3 is 2.50 bits per heavy atom. The fourth-order valence-corrected chi connectivity index (χ4v) is 3.80. The van der Waals surface area contributed by atoms with Crippen molar-refractivity contribution in [3.8, 4) is 11.4 Å². The molecule has 1 N–H and O–H groups in total. The van der Waals surface area contributed by atoms with Gasteiger partial charge in [-0.05, 0) is 44.2 Å². The van der Waals surface area contributed by atoms with E-state index in [1.807, 2.05) is 0 Å². The summed E-state index contributed by atoms with van der Waals surface area (Å²) >= 11 is 1.06. The first-order valence-electron chi connectivity index (χ1n) is 9.33. The number of hydrogen-bond acceptors (Lipinski definition) is 7. The topological polar surface area (TPSA) is 99.5 Å². The van der Waals surface area contributed by atoms with Crippen LogP contribution in [0.3, 0.4) is 0 Å². The van der Waals surface area contributed by atoms with Gasteiger partial charge in [-0.15, -0.1) is 11.3 Å². The summed E-state index contributed by atoms with van der Waals surface area (Å²) in [5.74, 6) is -1.48. The number of rotatable bonds is 8. The minimum atomic E-state index is -2.91. The van der Waals surface area contributed by atoms with E-state index in [4.69, 9.17) is 4.74 Å². The highest BCUT2D eigenvalue weighted by Crippen LogP contribution is 2.24. The highest BCUT2D eigenvalue weighted by molar-refractivity contribution is 7.14. The predicted molar refractivity (Wildman–Crippen MR) is 113 cm³/mol. The number of alkyl halides is 2. The molecule has 0 aliphatic heterocycles. The first-order valence-corrected chi connectivity index (χ1v) is 10.2. The maximum Gasteiger partial charge on any atom is 0.387 e. The molecule has 0 aliphatic rings. The Kier molecular flexibility index (Phi) is 6.98. The number of hydrogen-bond donors (Lipinski definition) is 1. The number of aryl methyl sites for hydroxylation is 1. The van der Waals surface area contributed by atoms with Crippen LogP contribution in [-0.4, -0.2) is 40.4 Å². The summed E-state index contributed by atoms with van der Waals surface area (Å²) in [5.41, 5.74) is 2.35. The Morgan fingerprint density at radius 1 is 1.19 bits per heavy atom. The lowest BCUT2D eigenvalue weighted by molar-refractivity contribution is -0.114. The van der Waals surface area contributed by atoms with Crippen molar-refractivity contribution < 1.29 is 32.6 Å². The van der Waals surface area contributed by atoms with E-state index < -0.39 is 25.0 Å². The monoisotopic (exact) mass is 463 g/mol. The van der Waals surface area contributed by atoms with Crippen LogP contribution in [0.15, 0.2) is 35.7 Å². The Morgan fingerprint density at radius 2 is 1.88 bits per heavy atom. The van der Waals surface area contributed by atoms with Gasteiger partial charge in [-0.3, -0.25) is 9.59 Å². The summed E-state index contributed by atoms with van der Waals surface area (Å²) in [7, 11) is 0. The Hall–Kier alpha value is -3.60. The van der Waals surface area contributed by atoms with Gasteiger partial charge < -0.3 is 19.4 Å². The van der Waals surface area contributed by atoms with Crippen LogP contribution in [0.1, 0.15) is 39.2 Å². The minimum Gasteiger partial charge on any atom is -0.453 e. The third-order valence-corrected chi connectivity index (χ3v) is 5.14. The van der Waals surface area contributed by atoms with Crippen molar-refractivity contribution in [1.29, 1.82) is 0 Å². The zero-order valence-electron chi connectivity index (χ0n) is 17.3. The summed E-state index contributed by atoms with van der Waals surface area (Å²) in [6, 6.07) is 7.67. The Balaban J connectivity index is 1.69. The first kappa shape index (κ1) is 23.1. The number of nitrogens with zero attached hydrogens (tertiary/aromatic N) is 2. The zero-order valence-corrected chi connectivity index (χ0v) is 18.2. The van der Waals surface area contributed by atoms with Gasteiger partial charge in [0.25, 0.3) is 0 Å². The van der Waals surface area contributed by atoms with E-state index in [1.165, 1.54) is 24.4 Å². The molecular formula is C21H19F2N3O5S. The number of carbonyl (C=O) groups is 3. The highest BCUT2D eigenvalue weighted by Gasteiger charge is 2.20. The summed E-state index contributed by atoms with van der Waals surface area (Å²) in [6.07, 6.45) is 0. The van der Waals surface area contributed by atoms with E-state index >= 15 is 0 Å². The summed E-state index contributed by atoms with van der Waals surface area (Å²) < 4.78 is 35.9. The van der Waals surface area contributed by atoms with E-state index in [0.717, 1.165) is 17.0 Å². The van der Waals surface area contributed by atoms with E-state index in [1.54, 1.807) is 36.6 Å². The Labute approximate surface area is 185 Å². The molecule has 3 rings (SSSR count). The largest absolute Gasteiger partial charge is 0.453 e. The fraction of sp³-hybridized carbons (Fsp3) is 0.238. The molecule has 3 aromatic rings. The van der Waals surface area contributed by atoms with Crippen LogP contribution in [0.5, 0.6) is 5.75 Å². The van der Waals surface area contributed by atoms with Crippen molar-refractivity contribution in [2.24, 2.45) is 0 Å². The number of benzene rings is 1. The summed E-state index contributed by atoms with van der Waals surface area (Å²) in [4.78, 5) is 39.8. The quantitative estimate of drug-likeness (QED) is 0.398. The van der Waals surface area contributed by atoms with Crippen LogP contribution in [0.4, 0.5) is 13.9 Å². The number of aromatic nitrogens is 2. The first-order chi connectivity index (χ1) is 15.2. The van der Waals surface area contributed by atoms with Crippen LogP contribution < -0.4 is 10.1 Å². The van der Waals surface area contributed by atoms with Gasteiger partial charge in [-0.1, -0.05) is 0 Å². The van der Waals surface area contributed by atoms with Crippen molar-refractivity contribution in [3.05, 3.63) is 58.4 Å². The number of carbonyl (C=O) groups excluding carboxylic acids is 3. The standard InChI is InChI=1S/C21H19F2N3O5S/c1-11-8-16(12(2)26(11)14-4-6-15(7-5-14)31-20(22)23)18(28)9-30-19(29)17-10-32-21(25-17)24-13(3)27/h4-8,10,20H,9H2,1-3H3,(H,24,25,27). The molecule has 0 spiro atoms. The van der Waals surface area contributed by atoms with E-state index in [-0.39, 0.29) is 22.5 Å². The van der Waals surface area contributed by atoms with Crippen molar-refractivity contribution in [2.75, 3.05) is 11.9 Å². The van der Waals surface area contributed by atoms with Crippen LogP contribution in [0.2, 0.25) is 0 Å². The number of ketones is 1. The maximum absolute atomic E-state index is 12.7. The lowest BCUT2D eigenvalue weighted by atomic mass is 10.1. The molecule has 32 heavy (non-hydrogen) atoms. The van der Waals surface area contributed by atoms with Crippen LogP contribution in [0, 0.1) is 13.8 Å². The third kappa shape index (κ3) is 5.35. The summed E-state index contributed by atoms with van der Waals surface area (Å²) in [6.45, 7) is 1.44. The molecule has 0 radical (unpaired) electrons. The molecule has 1 aromatic carbocycles. The number of ether oxygens (including phenoxy) is 2. The molecule has 0 saturated heterocycles. The van der Waals surface area contributed by atoms with E-state index in [2.05, 4.69) is 15.0 Å². The zero-order chi connectivity index (χ0) is 23.4. The molecule has 0 unspecified atom stereocenters. The molecule has 11 heteroatoms. The van der Waals surface area contributed by atoms with E-state index in [9.17, 15) is 23.2 Å². The molecule has 0 bridgehead atoms. The average molecular weight is 463 g/mol. The number of halogens is 2. The maximum atomic E-state index is 12.7. The number of amides is 1. The highest BCUT2D eigenvalue weighted by atomic mass is 32.1. The van der Waals surface area contributed by atoms with Gasteiger partial charge in [0, 0.05) is 34.9 Å². The third-order valence-electron chi connectivity index (χ3n) is 4.38. The molecule has 2 aromatic heterocycles. The molecule has 2 heterocycles. The number of esters is 1. The normalized spacial score (nSPS) is 10.8. The van der Waals surface area contributed by atoms with Gasteiger partial charge in [0.15, 0.2) is 17.4 Å². The lowest BCUT2D eigenvalue weighted by Gasteiger charge is -2.11. The number of thiazole rings is 1. The number of anilines is 1. The molecule has 0 saturated carbocycles. The van der Waals surface area contributed by atoms with Crippen LogP contribution in [-0.2, 0) is 9.53 Å². The molecule has 0 atom stereocenters. The van der Waals surface area contributed by atoms with Crippen molar-refractivity contribution >= 4 is 34.1 Å². The minimum absolute atomic E-state index is 0.0110. The molecule has 168 valence electrons. The second-order valence-electron chi connectivity index (χ2n) is 6.71. The van der Waals surface area contributed by atoms with Gasteiger partial charge in [-0.2, -0.15) is 8.78 Å². The smallest absolute Gasteiger partial charge is 0.387 e. The number of nitrogens with one attached hydrogen (secondary N) is 1. The average Bonchev–Trinajstić information content (AvgIpc) is 3.30. The molecule has 0 aliphatic carbocycles. The van der Waals surface area contributed by atoms with E-state index in [0.29, 0.717) is 16.9 Å². The van der Waals surface area contributed by atoms with Gasteiger partial charge in [0.1, 0.15) is 5.75 Å². The molecule has 8 nitrogen and oxygen atoms in total. The molecule has 1 amide bonds. The van der Waals surface area contributed by atoms with Crippen molar-refractivity contribution in [2.45, 2.75) is 27.4 Å².